The van der Waals surface area contributed by atoms with Gasteiger partial charge in [0, 0.05) is 32.2 Å². The molecule has 3 fully saturated rings. The van der Waals surface area contributed by atoms with Crippen molar-refractivity contribution in [2.24, 2.45) is 5.92 Å². The molecule has 2 unspecified atom stereocenters. The van der Waals surface area contributed by atoms with Crippen molar-refractivity contribution in [2.75, 3.05) is 20.3 Å². The number of carbonyl (C=O) groups excluding carboxylic acids is 1. The van der Waals surface area contributed by atoms with Crippen molar-refractivity contribution in [3.63, 3.8) is 0 Å². The second-order valence-corrected chi connectivity index (χ2v) is 8.48. The van der Waals surface area contributed by atoms with E-state index in [0.717, 1.165) is 44.0 Å². The van der Waals surface area contributed by atoms with Crippen LogP contribution in [0.5, 0.6) is 0 Å². The highest BCUT2D eigenvalue weighted by atomic mass is 16.5. The minimum Gasteiger partial charge on any atom is -0.378 e. The molecule has 0 aromatic carbocycles. The van der Waals surface area contributed by atoms with Crippen LogP contribution >= 0.6 is 0 Å². The van der Waals surface area contributed by atoms with Crippen molar-refractivity contribution >= 4 is 5.91 Å². The first kappa shape index (κ1) is 18.0. The van der Waals surface area contributed by atoms with E-state index < -0.39 is 0 Å². The lowest BCUT2D eigenvalue weighted by Crippen LogP contribution is -2.53. The van der Waals surface area contributed by atoms with Gasteiger partial charge in [0.05, 0.1) is 17.7 Å². The summed E-state index contributed by atoms with van der Waals surface area (Å²) >= 11 is 0. The van der Waals surface area contributed by atoms with Crippen molar-refractivity contribution in [3.05, 3.63) is 17.5 Å². The van der Waals surface area contributed by atoms with Gasteiger partial charge in [-0.2, -0.15) is 0 Å². The smallest absolute Gasteiger partial charge is 0.276 e. The molecule has 0 N–H and O–H groups in total. The SMILES string of the molecule is CO[C@@]12CCC(OCC3CC3)CC1N(C(=O)c1cc(C(C)C)on1)CC2. The molecule has 1 saturated heterocycles. The molecule has 4 rings (SSSR count). The molecule has 1 aromatic rings. The summed E-state index contributed by atoms with van der Waals surface area (Å²) in [6.45, 7) is 5.63. The van der Waals surface area contributed by atoms with Crippen LogP contribution in [0.15, 0.2) is 10.6 Å². The van der Waals surface area contributed by atoms with E-state index in [2.05, 4.69) is 5.16 Å². The van der Waals surface area contributed by atoms with Gasteiger partial charge in [0.15, 0.2) is 5.69 Å². The largest absolute Gasteiger partial charge is 0.378 e. The zero-order valence-electron chi connectivity index (χ0n) is 16.1. The molecule has 2 heterocycles. The van der Waals surface area contributed by atoms with Crippen LogP contribution in [0.1, 0.15) is 74.5 Å². The molecular formula is C20H30N2O4. The minimum atomic E-state index is -0.236. The monoisotopic (exact) mass is 362 g/mol. The topological polar surface area (TPSA) is 64.8 Å². The zero-order valence-corrected chi connectivity index (χ0v) is 16.1. The van der Waals surface area contributed by atoms with Gasteiger partial charge in [0.2, 0.25) is 0 Å². The average molecular weight is 362 g/mol. The molecule has 0 bridgehead atoms. The lowest BCUT2D eigenvalue weighted by molar-refractivity contribution is -0.0977. The van der Waals surface area contributed by atoms with Gasteiger partial charge >= 0.3 is 0 Å². The number of rotatable bonds is 6. The van der Waals surface area contributed by atoms with Gasteiger partial charge in [0.25, 0.3) is 5.91 Å². The van der Waals surface area contributed by atoms with Crippen LogP contribution < -0.4 is 0 Å². The van der Waals surface area contributed by atoms with Crippen LogP contribution in [-0.2, 0) is 9.47 Å². The van der Waals surface area contributed by atoms with Gasteiger partial charge in [-0.25, -0.2) is 0 Å². The van der Waals surface area contributed by atoms with Crippen LogP contribution in [0, 0.1) is 5.92 Å². The Morgan fingerprint density at radius 3 is 2.85 bits per heavy atom. The van der Waals surface area contributed by atoms with E-state index in [4.69, 9.17) is 14.0 Å². The molecule has 3 aliphatic rings. The zero-order chi connectivity index (χ0) is 18.3. The van der Waals surface area contributed by atoms with E-state index in [1.807, 2.05) is 18.7 Å². The van der Waals surface area contributed by atoms with Crippen LogP contribution in [0.25, 0.3) is 0 Å². The Bertz CT molecular complexity index is 654. The van der Waals surface area contributed by atoms with E-state index in [0.29, 0.717) is 12.2 Å². The number of fused-ring (bicyclic) bond motifs is 1. The van der Waals surface area contributed by atoms with E-state index >= 15 is 0 Å². The predicted molar refractivity (Wildman–Crippen MR) is 96.1 cm³/mol. The number of methoxy groups -OCH3 is 1. The summed E-state index contributed by atoms with van der Waals surface area (Å²) < 4.78 is 17.4. The number of amides is 1. The van der Waals surface area contributed by atoms with E-state index in [1.54, 1.807) is 13.2 Å². The second kappa shape index (κ2) is 6.97. The van der Waals surface area contributed by atoms with E-state index in [9.17, 15) is 4.79 Å². The van der Waals surface area contributed by atoms with Crippen molar-refractivity contribution in [1.82, 2.24) is 10.1 Å². The Kier molecular flexibility index (Phi) is 4.82. The molecule has 1 aliphatic heterocycles. The fraction of sp³-hybridized carbons (Fsp3) is 0.800. The van der Waals surface area contributed by atoms with Crippen molar-refractivity contribution in [2.45, 2.75) is 76.0 Å². The van der Waals surface area contributed by atoms with Gasteiger partial charge in [-0.3, -0.25) is 4.79 Å². The first-order chi connectivity index (χ1) is 12.5. The molecule has 6 nitrogen and oxygen atoms in total. The molecule has 1 aromatic heterocycles. The standard InChI is InChI=1S/C20H30N2O4/c1-13(2)17-11-16(21-26-17)19(23)22-9-8-20(24-3)7-6-15(10-18(20)22)25-12-14-4-5-14/h11,13-15,18H,4-10,12H2,1-3H3/t15?,18?,20-/m1/s1. The van der Waals surface area contributed by atoms with Gasteiger partial charge in [0.1, 0.15) is 5.76 Å². The number of nitrogens with zero attached hydrogens (tertiary/aromatic N) is 2. The molecule has 1 amide bonds. The number of ether oxygens (including phenoxy) is 2. The highest BCUT2D eigenvalue weighted by Crippen LogP contribution is 2.44. The number of likely N-dealkylation sites (tertiary alicyclic amines) is 1. The van der Waals surface area contributed by atoms with Crippen molar-refractivity contribution in [3.8, 4) is 0 Å². The summed E-state index contributed by atoms with van der Waals surface area (Å²) in [5.41, 5.74) is 0.168. The lowest BCUT2D eigenvalue weighted by Gasteiger charge is -2.43. The predicted octanol–water partition coefficient (Wildman–Crippen LogP) is 3.38. The summed E-state index contributed by atoms with van der Waals surface area (Å²) in [5, 5.41) is 4.02. The van der Waals surface area contributed by atoms with Crippen LogP contribution in [0.4, 0.5) is 0 Å². The summed E-state index contributed by atoms with van der Waals surface area (Å²) in [5.74, 6) is 1.68. The summed E-state index contributed by atoms with van der Waals surface area (Å²) in [7, 11) is 1.78. The summed E-state index contributed by atoms with van der Waals surface area (Å²) in [6, 6.07) is 1.83. The quantitative estimate of drug-likeness (QED) is 0.776. The molecule has 2 saturated carbocycles. The molecule has 26 heavy (non-hydrogen) atoms. The molecule has 6 heteroatoms. The van der Waals surface area contributed by atoms with Crippen LogP contribution in [0.2, 0.25) is 0 Å². The molecular weight excluding hydrogens is 332 g/mol. The highest BCUT2D eigenvalue weighted by molar-refractivity contribution is 5.92. The molecule has 3 atom stereocenters. The third-order valence-corrected chi connectivity index (χ3v) is 6.38. The number of carbonyl (C=O) groups is 1. The fourth-order valence-corrected chi connectivity index (χ4v) is 4.42. The maximum Gasteiger partial charge on any atom is 0.276 e. The number of hydrogen-bond donors (Lipinski definition) is 0. The Morgan fingerprint density at radius 1 is 1.38 bits per heavy atom. The normalized spacial score (nSPS) is 31.5. The van der Waals surface area contributed by atoms with Gasteiger partial charge in [-0.1, -0.05) is 19.0 Å². The Hall–Kier alpha value is -1.40. The Labute approximate surface area is 155 Å². The van der Waals surface area contributed by atoms with E-state index in [1.165, 1.54) is 12.8 Å². The number of hydrogen-bond acceptors (Lipinski definition) is 5. The van der Waals surface area contributed by atoms with Gasteiger partial charge < -0.3 is 18.9 Å². The number of aromatic nitrogens is 1. The third kappa shape index (κ3) is 3.29. The maximum absolute atomic E-state index is 13.1. The Morgan fingerprint density at radius 2 is 2.19 bits per heavy atom. The van der Waals surface area contributed by atoms with Crippen LogP contribution in [-0.4, -0.2) is 54.0 Å². The first-order valence-electron chi connectivity index (χ1n) is 9.97. The Balaban J connectivity index is 1.48. The molecule has 144 valence electrons. The lowest BCUT2D eigenvalue weighted by atomic mass is 9.79. The molecule has 0 spiro atoms. The third-order valence-electron chi connectivity index (χ3n) is 6.38. The minimum absolute atomic E-state index is 0.0487. The molecule has 2 aliphatic carbocycles. The second-order valence-electron chi connectivity index (χ2n) is 8.48. The summed E-state index contributed by atoms with van der Waals surface area (Å²) in [6.07, 6.45) is 6.51. The van der Waals surface area contributed by atoms with Crippen molar-refractivity contribution in [1.29, 1.82) is 0 Å². The van der Waals surface area contributed by atoms with E-state index in [-0.39, 0.29) is 29.6 Å². The first-order valence-corrected chi connectivity index (χ1v) is 9.97. The maximum atomic E-state index is 13.1. The van der Waals surface area contributed by atoms with Gasteiger partial charge in [-0.15, -0.1) is 0 Å². The fourth-order valence-electron chi connectivity index (χ4n) is 4.42. The van der Waals surface area contributed by atoms with Crippen LogP contribution in [0.3, 0.4) is 0 Å². The molecule has 0 radical (unpaired) electrons. The summed E-state index contributed by atoms with van der Waals surface area (Å²) in [4.78, 5) is 15.0. The van der Waals surface area contributed by atoms with Gasteiger partial charge in [-0.05, 0) is 44.4 Å². The highest BCUT2D eigenvalue weighted by Gasteiger charge is 2.53. The van der Waals surface area contributed by atoms with Crippen molar-refractivity contribution < 1.29 is 18.8 Å². The average Bonchev–Trinajstić information content (AvgIpc) is 3.20.